The van der Waals surface area contributed by atoms with Gasteiger partial charge in [-0.15, -0.1) is 0 Å². The Bertz CT molecular complexity index is 291. The molecule has 0 saturated carbocycles. The Morgan fingerprint density at radius 3 is 2.71 bits per heavy atom. The van der Waals surface area contributed by atoms with Crippen molar-refractivity contribution in [2.24, 2.45) is 0 Å². The van der Waals surface area contributed by atoms with E-state index < -0.39 is 0 Å². The van der Waals surface area contributed by atoms with Crippen LogP contribution in [0.25, 0.3) is 0 Å². The van der Waals surface area contributed by atoms with Gasteiger partial charge in [-0.25, -0.2) is 9.97 Å². The molecule has 14 heavy (non-hydrogen) atoms. The lowest BCUT2D eigenvalue weighted by molar-refractivity contribution is 0.118. The molecule has 0 spiro atoms. The van der Waals surface area contributed by atoms with Gasteiger partial charge in [0, 0.05) is 32.1 Å². The molecular formula is C10H15N3O. The average molecular weight is 193 g/mol. The third-order valence-corrected chi connectivity index (χ3v) is 2.68. The predicted molar refractivity (Wildman–Crippen MR) is 54.3 cm³/mol. The number of anilines is 1. The molecule has 76 valence electrons. The zero-order valence-corrected chi connectivity index (χ0v) is 8.55. The second-order valence-corrected chi connectivity index (χ2v) is 3.64. The van der Waals surface area contributed by atoms with Gasteiger partial charge in [0.15, 0.2) is 0 Å². The summed E-state index contributed by atoms with van der Waals surface area (Å²) in [4.78, 5) is 10.7. The van der Waals surface area contributed by atoms with Gasteiger partial charge in [0.05, 0.1) is 6.10 Å². The summed E-state index contributed by atoms with van der Waals surface area (Å²) >= 11 is 0. The minimum atomic E-state index is 0.314. The number of hydrogen-bond donors (Lipinski definition) is 0. The maximum atomic E-state index is 5.34. The molecule has 4 nitrogen and oxygen atoms in total. The standard InChI is InChI=1S/C10H15N3O/c1-8-6-9(14-2)7-13(8)10-11-4-3-5-12-10/h3-5,8-9H,6-7H2,1-2H3. The van der Waals surface area contributed by atoms with Gasteiger partial charge in [0.25, 0.3) is 0 Å². The van der Waals surface area contributed by atoms with Gasteiger partial charge in [-0.2, -0.15) is 0 Å². The highest BCUT2D eigenvalue weighted by atomic mass is 16.5. The number of ether oxygens (including phenoxy) is 1. The summed E-state index contributed by atoms with van der Waals surface area (Å²) in [5.74, 6) is 0.805. The summed E-state index contributed by atoms with van der Waals surface area (Å²) in [6.07, 6.45) is 4.91. The van der Waals surface area contributed by atoms with Crippen LogP contribution in [-0.2, 0) is 4.74 Å². The zero-order chi connectivity index (χ0) is 9.97. The zero-order valence-electron chi connectivity index (χ0n) is 8.55. The van der Waals surface area contributed by atoms with E-state index in [0.29, 0.717) is 12.1 Å². The maximum Gasteiger partial charge on any atom is 0.225 e. The molecule has 2 unspecified atom stereocenters. The minimum Gasteiger partial charge on any atom is -0.380 e. The van der Waals surface area contributed by atoms with Crippen molar-refractivity contribution in [3.05, 3.63) is 18.5 Å². The molecule has 1 aromatic heterocycles. The number of methoxy groups -OCH3 is 1. The second-order valence-electron chi connectivity index (χ2n) is 3.64. The lowest BCUT2D eigenvalue weighted by Gasteiger charge is -2.20. The summed E-state index contributed by atoms with van der Waals surface area (Å²) in [6.45, 7) is 3.07. The number of aromatic nitrogens is 2. The first-order valence-corrected chi connectivity index (χ1v) is 4.87. The van der Waals surface area contributed by atoms with Gasteiger partial charge >= 0.3 is 0 Å². The Kier molecular flexibility index (Phi) is 2.63. The first-order valence-electron chi connectivity index (χ1n) is 4.87. The smallest absolute Gasteiger partial charge is 0.225 e. The molecule has 0 bridgehead atoms. The van der Waals surface area contributed by atoms with Gasteiger partial charge in [-0.3, -0.25) is 0 Å². The van der Waals surface area contributed by atoms with Crippen LogP contribution in [0.15, 0.2) is 18.5 Å². The molecule has 1 fully saturated rings. The molecular weight excluding hydrogens is 178 g/mol. The fraction of sp³-hybridized carbons (Fsp3) is 0.600. The van der Waals surface area contributed by atoms with Crippen LogP contribution in [0.1, 0.15) is 13.3 Å². The first-order chi connectivity index (χ1) is 6.81. The van der Waals surface area contributed by atoms with Crippen molar-refractivity contribution >= 4 is 5.95 Å². The third kappa shape index (κ3) is 1.70. The van der Waals surface area contributed by atoms with Crippen LogP contribution in [0, 0.1) is 0 Å². The largest absolute Gasteiger partial charge is 0.380 e. The molecule has 1 aromatic rings. The van der Waals surface area contributed by atoms with Gasteiger partial charge in [0.1, 0.15) is 0 Å². The van der Waals surface area contributed by atoms with E-state index in [0.717, 1.165) is 18.9 Å². The van der Waals surface area contributed by atoms with E-state index in [1.54, 1.807) is 19.5 Å². The van der Waals surface area contributed by atoms with Crippen LogP contribution < -0.4 is 4.90 Å². The average Bonchev–Trinajstić information content (AvgIpc) is 2.61. The van der Waals surface area contributed by atoms with E-state index in [4.69, 9.17) is 4.74 Å². The Labute approximate surface area is 83.9 Å². The fourth-order valence-corrected chi connectivity index (χ4v) is 1.87. The van der Waals surface area contributed by atoms with E-state index in [-0.39, 0.29) is 0 Å². The lowest BCUT2D eigenvalue weighted by atomic mass is 10.2. The van der Waals surface area contributed by atoms with Crippen molar-refractivity contribution in [2.75, 3.05) is 18.6 Å². The number of hydrogen-bond acceptors (Lipinski definition) is 4. The number of nitrogens with zero attached hydrogens (tertiary/aromatic N) is 3. The summed E-state index contributed by atoms with van der Waals surface area (Å²) in [5.41, 5.74) is 0. The molecule has 0 aliphatic carbocycles. The van der Waals surface area contributed by atoms with Crippen molar-refractivity contribution in [2.45, 2.75) is 25.5 Å². The van der Waals surface area contributed by atoms with E-state index in [2.05, 4.69) is 21.8 Å². The van der Waals surface area contributed by atoms with Crippen molar-refractivity contribution in [3.63, 3.8) is 0 Å². The molecule has 1 aliphatic heterocycles. The second kappa shape index (κ2) is 3.92. The van der Waals surface area contributed by atoms with Gasteiger partial charge < -0.3 is 9.64 Å². The molecule has 0 N–H and O–H groups in total. The van der Waals surface area contributed by atoms with Gasteiger partial charge in [-0.05, 0) is 19.4 Å². The van der Waals surface area contributed by atoms with Crippen molar-refractivity contribution < 1.29 is 4.74 Å². The van der Waals surface area contributed by atoms with Gasteiger partial charge in [-0.1, -0.05) is 0 Å². The van der Waals surface area contributed by atoms with Crippen LogP contribution in [0.3, 0.4) is 0 Å². The van der Waals surface area contributed by atoms with E-state index in [9.17, 15) is 0 Å². The molecule has 0 aromatic carbocycles. The summed E-state index contributed by atoms with van der Waals surface area (Å²) in [6, 6.07) is 2.29. The van der Waals surface area contributed by atoms with Crippen molar-refractivity contribution in [3.8, 4) is 0 Å². The lowest BCUT2D eigenvalue weighted by Crippen LogP contribution is -2.29. The summed E-state index contributed by atoms with van der Waals surface area (Å²) in [5, 5.41) is 0. The summed E-state index contributed by atoms with van der Waals surface area (Å²) < 4.78 is 5.34. The molecule has 4 heteroatoms. The monoisotopic (exact) mass is 193 g/mol. The van der Waals surface area contributed by atoms with E-state index in [1.165, 1.54) is 0 Å². The molecule has 2 atom stereocenters. The maximum absolute atomic E-state index is 5.34. The highest BCUT2D eigenvalue weighted by Gasteiger charge is 2.30. The van der Waals surface area contributed by atoms with Crippen LogP contribution in [0.4, 0.5) is 5.95 Å². The number of rotatable bonds is 2. The van der Waals surface area contributed by atoms with Crippen molar-refractivity contribution in [1.29, 1.82) is 0 Å². The van der Waals surface area contributed by atoms with Crippen molar-refractivity contribution in [1.82, 2.24) is 9.97 Å². The highest BCUT2D eigenvalue weighted by Crippen LogP contribution is 2.22. The summed E-state index contributed by atoms with van der Waals surface area (Å²) in [7, 11) is 1.76. The molecule has 0 radical (unpaired) electrons. The fourth-order valence-electron chi connectivity index (χ4n) is 1.87. The van der Waals surface area contributed by atoms with E-state index in [1.807, 2.05) is 6.07 Å². The first kappa shape index (κ1) is 9.40. The molecule has 2 heterocycles. The van der Waals surface area contributed by atoms with Gasteiger partial charge in [0.2, 0.25) is 5.95 Å². The Morgan fingerprint density at radius 2 is 2.14 bits per heavy atom. The highest BCUT2D eigenvalue weighted by molar-refractivity contribution is 5.32. The van der Waals surface area contributed by atoms with E-state index >= 15 is 0 Å². The normalized spacial score (nSPS) is 26.9. The predicted octanol–water partition coefficient (Wildman–Crippen LogP) is 1.09. The Hall–Kier alpha value is -1.16. The molecule has 1 aliphatic rings. The molecule has 1 saturated heterocycles. The quantitative estimate of drug-likeness (QED) is 0.704. The van der Waals surface area contributed by atoms with Crippen LogP contribution in [0.2, 0.25) is 0 Å². The van der Waals surface area contributed by atoms with Crippen LogP contribution in [-0.4, -0.2) is 35.8 Å². The van der Waals surface area contributed by atoms with Crippen LogP contribution in [0.5, 0.6) is 0 Å². The Balaban J connectivity index is 2.13. The minimum absolute atomic E-state index is 0.314. The third-order valence-electron chi connectivity index (χ3n) is 2.68. The topological polar surface area (TPSA) is 38.2 Å². The Morgan fingerprint density at radius 1 is 1.43 bits per heavy atom. The SMILES string of the molecule is COC1CC(C)N(c2ncccn2)C1. The molecule has 0 amide bonds. The molecule has 2 rings (SSSR count). The van der Waals surface area contributed by atoms with Crippen LogP contribution >= 0.6 is 0 Å².